The zero-order chi connectivity index (χ0) is 15.0. The van der Waals surface area contributed by atoms with E-state index >= 15 is 0 Å². The summed E-state index contributed by atoms with van der Waals surface area (Å²) in [5.41, 5.74) is 0.904. The van der Waals surface area contributed by atoms with Crippen molar-refractivity contribution in [3.63, 3.8) is 0 Å². The second kappa shape index (κ2) is 5.53. The lowest BCUT2D eigenvalue weighted by Gasteiger charge is -2.38. The monoisotopic (exact) mass is 316 g/mol. The molecule has 0 saturated carbocycles. The van der Waals surface area contributed by atoms with Crippen molar-refractivity contribution in [1.29, 1.82) is 0 Å². The molecule has 0 aromatic heterocycles. The van der Waals surface area contributed by atoms with Gasteiger partial charge in [0.2, 0.25) is 9.84 Å². The molecule has 0 amide bonds. The fourth-order valence-corrected chi connectivity index (χ4v) is 4.04. The van der Waals surface area contributed by atoms with Crippen molar-refractivity contribution in [3.05, 3.63) is 24.3 Å². The van der Waals surface area contributed by atoms with E-state index in [4.69, 9.17) is 0 Å². The van der Waals surface area contributed by atoms with Gasteiger partial charge in [-0.3, -0.25) is 0 Å². The van der Waals surface area contributed by atoms with Gasteiger partial charge in [-0.25, -0.2) is 8.42 Å². The normalized spacial score (nSPS) is 26.1. The van der Waals surface area contributed by atoms with E-state index in [9.17, 15) is 17.2 Å². The van der Waals surface area contributed by atoms with Gasteiger partial charge in [-0.1, -0.05) is 0 Å². The second-order valence-corrected chi connectivity index (χ2v) is 7.54. The highest BCUT2D eigenvalue weighted by atomic mass is 32.2. The number of hydrogen-bond donors (Lipinski definition) is 1. The van der Waals surface area contributed by atoms with E-state index in [0.717, 1.165) is 31.7 Å². The van der Waals surface area contributed by atoms with Crippen LogP contribution in [0.3, 0.4) is 0 Å². The van der Waals surface area contributed by atoms with Crippen LogP contribution in [0.5, 0.6) is 0 Å². The molecule has 1 aromatic rings. The van der Waals surface area contributed by atoms with Crippen molar-refractivity contribution in [2.45, 2.75) is 29.5 Å². The number of rotatable bonds is 3. The quantitative estimate of drug-likeness (QED) is 0.925. The summed E-state index contributed by atoms with van der Waals surface area (Å²) in [5.74, 6) is -2.76. The molecule has 3 rings (SSSR count). The average molecular weight is 316 g/mol. The predicted molar refractivity (Wildman–Crippen MR) is 76.4 cm³/mol. The van der Waals surface area contributed by atoms with Crippen LogP contribution in [0.25, 0.3) is 0 Å². The van der Waals surface area contributed by atoms with Crippen molar-refractivity contribution in [1.82, 2.24) is 5.32 Å². The van der Waals surface area contributed by atoms with Gasteiger partial charge in [0.15, 0.2) is 0 Å². The van der Waals surface area contributed by atoms with Crippen LogP contribution in [0.4, 0.5) is 14.5 Å². The van der Waals surface area contributed by atoms with Crippen LogP contribution in [-0.2, 0) is 9.84 Å². The minimum Gasteiger partial charge on any atom is -0.367 e. The average Bonchev–Trinajstić information content (AvgIpc) is 2.95. The van der Waals surface area contributed by atoms with Crippen LogP contribution in [0.15, 0.2) is 29.2 Å². The maximum Gasteiger partial charge on any atom is 0.341 e. The van der Waals surface area contributed by atoms with Gasteiger partial charge in [0.1, 0.15) is 0 Å². The lowest BCUT2D eigenvalue weighted by atomic mass is 9.91. The van der Waals surface area contributed by atoms with Crippen LogP contribution in [0.1, 0.15) is 12.8 Å². The number of sulfone groups is 1. The Kier molecular flexibility index (Phi) is 3.88. The van der Waals surface area contributed by atoms with E-state index in [1.54, 1.807) is 12.1 Å². The van der Waals surface area contributed by atoms with Gasteiger partial charge in [0.05, 0.1) is 4.90 Å². The Morgan fingerprint density at radius 2 is 1.90 bits per heavy atom. The minimum atomic E-state index is -4.51. The first kappa shape index (κ1) is 14.7. The summed E-state index contributed by atoms with van der Waals surface area (Å²) in [6.45, 7) is 2.85. The first-order valence-corrected chi connectivity index (χ1v) is 8.64. The summed E-state index contributed by atoms with van der Waals surface area (Å²) in [6.07, 6.45) is 2.30. The highest BCUT2D eigenvalue weighted by Gasteiger charge is 2.35. The molecule has 2 unspecified atom stereocenters. The number of halogens is 2. The maximum absolute atomic E-state index is 12.5. The van der Waals surface area contributed by atoms with Crippen LogP contribution in [0.2, 0.25) is 0 Å². The lowest BCUT2D eigenvalue weighted by Crippen LogP contribution is -2.45. The Bertz CT molecular complexity index is 604. The first-order valence-electron chi connectivity index (χ1n) is 7.09. The summed E-state index contributed by atoms with van der Waals surface area (Å²) in [6, 6.07) is 6.24. The molecule has 1 N–H and O–H groups in total. The molecule has 2 heterocycles. The van der Waals surface area contributed by atoms with Gasteiger partial charge < -0.3 is 10.2 Å². The SMILES string of the molecule is O=S(=O)(c1ccc(N2CCCC3CNCC32)cc1)C(F)F. The molecule has 2 aliphatic rings. The van der Waals surface area contributed by atoms with E-state index in [1.165, 1.54) is 18.6 Å². The number of fused-ring (bicyclic) bond motifs is 1. The van der Waals surface area contributed by atoms with Gasteiger partial charge in [-0.15, -0.1) is 0 Å². The third kappa shape index (κ3) is 2.64. The third-order valence-corrected chi connectivity index (χ3v) is 5.81. The standard InChI is InChI=1S/C14H18F2N2O2S/c15-14(16)21(19,20)12-5-3-11(4-6-12)18-7-1-2-10-8-17-9-13(10)18/h3-6,10,13-14,17H,1-2,7-9H2. The molecule has 116 valence electrons. The molecule has 2 aliphatic heterocycles. The maximum atomic E-state index is 12.5. The van der Waals surface area contributed by atoms with Crippen LogP contribution >= 0.6 is 0 Å². The Labute approximate surface area is 123 Å². The Balaban J connectivity index is 1.84. The summed E-state index contributed by atoms with van der Waals surface area (Å²) in [7, 11) is -4.51. The van der Waals surface area contributed by atoms with Gasteiger partial charge in [0, 0.05) is 31.4 Å². The number of nitrogens with zero attached hydrogens (tertiary/aromatic N) is 1. The molecule has 4 nitrogen and oxygen atoms in total. The molecule has 2 fully saturated rings. The molecule has 7 heteroatoms. The molecule has 0 aliphatic carbocycles. The van der Waals surface area contributed by atoms with E-state index in [-0.39, 0.29) is 4.90 Å². The predicted octanol–water partition coefficient (Wildman–Crippen LogP) is 1.87. The number of piperidine rings is 1. The number of anilines is 1. The van der Waals surface area contributed by atoms with Crippen molar-refractivity contribution in [3.8, 4) is 0 Å². The van der Waals surface area contributed by atoms with Crippen LogP contribution in [-0.4, -0.2) is 39.9 Å². The largest absolute Gasteiger partial charge is 0.367 e. The molecular weight excluding hydrogens is 298 g/mol. The van der Waals surface area contributed by atoms with Gasteiger partial charge in [-0.05, 0) is 43.0 Å². The molecule has 21 heavy (non-hydrogen) atoms. The number of hydrogen-bond acceptors (Lipinski definition) is 4. The Morgan fingerprint density at radius 1 is 1.19 bits per heavy atom. The van der Waals surface area contributed by atoms with E-state index in [2.05, 4.69) is 10.2 Å². The van der Waals surface area contributed by atoms with E-state index in [0.29, 0.717) is 12.0 Å². The van der Waals surface area contributed by atoms with Gasteiger partial charge in [-0.2, -0.15) is 8.78 Å². The molecular formula is C14H18F2N2O2S. The molecule has 2 saturated heterocycles. The molecule has 1 aromatic carbocycles. The fraction of sp³-hybridized carbons (Fsp3) is 0.571. The lowest BCUT2D eigenvalue weighted by molar-refractivity contribution is 0.234. The third-order valence-electron chi connectivity index (χ3n) is 4.41. The summed E-state index contributed by atoms with van der Waals surface area (Å²) in [5, 5.41) is 3.38. The fourth-order valence-electron chi connectivity index (χ4n) is 3.32. The smallest absolute Gasteiger partial charge is 0.341 e. The highest BCUT2D eigenvalue weighted by molar-refractivity contribution is 7.91. The van der Waals surface area contributed by atoms with Crippen molar-refractivity contribution in [2.24, 2.45) is 5.92 Å². The summed E-state index contributed by atoms with van der Waals surface area (Å²) >= 11 is 0. The number of alkyl halides is 2. The highest BCUT2D eigenvalue weighted by Crippen LogP contribution is 2.31. The van der Waals surface area contributed by atoms with E-state index < -0.39 is 15.6 Å². The molecule has 0 radical (unpaired) electrons. The molecule has 0 spiro atoms. The Hall–Kier alpha value is -1.21. The van der Waals surface area contributed by atoms with Crippen molar-refractivity contribution in [2.75, 3.05) is 24.5 Å². The number of nitrogens with one attached hydrogen (secondary N) is 1. The Morgan fingerprint density at radius 3 is 2.57 bits per heavy atom. The summed E-state index contributed by atoms with van der Waals surface area (Å²) in [4.78, 5) is 1.94. The van der Waals surface area contributed by atoms with Gasteiger partial charge in [0.25, 0.3) is 0 Å². The zero-order valence-electron chi connectivity index (χ0n) is 11.5. The zero-order valence-corrected chi connectivity index (χ0v) is 12.3. The first-order chi connectivity index (χ1) is 10.00. The van der Waals surface area contributed by atoms with Crippen molar-refractivity contribution < 1.29 is 17.2 Å². The van der Waals surface area contributed by atoms with Crippen molar-refractivity contribution >= 4 is 15.5 Å². The van der Waals surface area contributed by atoms with Gasteiger partial charge >= 0.3 is 5.76 Å². The summed E-state index contributed by atoms with van der Waals surface area (Å²) < 4.78 is 47.9. The molecule has 0 bridgehead atoms. The van der Waals surface area contributed by atoms with E-state index in [1.807, 2.05) is 0 Å². The minimum absolute atomic E-state index is 0.320. The number of benzene rings is 1. The topological polar surface area (TPSA) is 49.4 Å². The second-order valence-electron chi connectivity index (χ2n) is 5.62. The van der Waals surface area contributed by atoms with Crippen LogP contribution in [0, 0.1) is 5.92 Å². The van der Waals surface area contributed by atoms with Crippen LogP contribution < -0.4 is 10.2 Å². The molecule has 2 atom stereocenters.